The van der Waals surface area contributed by atoms with E-state index in [1.165, 1.54) is 24.3 Å². The number of hydrogen-bond acceptors (Lipinski definition) is 7. The van der Waals surface area contributed by atoms with E-state index in [-0.39, 0.29) is 29.8 Å². The van der Waals surface area contributed by atoms with Gasteiger partial charge in [0.15, 0.2) is 0 Å². The van der Waals surface area contributed by atoms with E-state index in [4.69, 9.17) is 4.74 Å². The highest BCUT2D eigenvalue weighted by molar-refractivity contribution is 7.94. The Kier molecular flexibility index (Phi) is 6.30. The Balaban J connectivity index is 1.45. The first-order valence-electron chi connectivity index (χ1n) is 10.1. The maximum atomic E-state index is 12.7. The molecule has 1 atom stereocenters. The van der Waals surface area contributed by atoms with Crippen molar-refractivity contribution in [3.63, 3.8) is 0 Å². The molecule has 1 aromatic carbocycles. The van der Waals surface area contributed by atoms with Crippen molar-refractivity contribution in [2.75, 3.05) is 42.9 Å². The van der Waals surface area contributed by atoms with Gasteiger partial charge in [-0.2, -0.15) is 0 Å². The third-order valence-electron chi connectivity index (χ3n) is 5.45. The Morgan fingerprint density at radius 2 is 1.90 bits per heavy atom. The first-order valence-corrected chi connectivity index (χ1v) is 11.7. The molecule has 10 heteroatoms. The summed E-state index contributed by atoms with van der Waals surface area (Å²) in [6.45, 7) is 3.21. The molecule has 4 rings (SSSR count). The monoisotopic (exact) mass is 444 g/mol. The standard InChI is InChI=1S/C21H24N4O5S/c26-20-7-13-31(28,29)25(20)18-5-3-16(4-6-18)21(27)23-15-19(17-2-1-8-22-14-17)24-9-11-30-12-10-24/h1-6,8,14,19H,7,9-13,15H2,(H,23,27). The number of hydrogen-bond donors (Lipinski definition) is 1. The molecule has 1 N–H and O–H groups in total. The molecule has 2 aliphatic heterocycles. The molecule has 0 radical (unpaired) electrons. The van der Waals surface area contributed by atoms with Gasteiger partial charge in [0.2, 0.25) is 15.9 Å². The summed E-state index contributed by atoms with van der Waals surface area (Å²) in [6.07, 6.45) is 3.49. The Morgan fingerprint density at radius 3 is 2.52 bits per heavy atom. The predicted octanol–water partition coefficient (Wildman–Crippen LogP) is 0.951. The highest BCUT2D eigenvalue weighted by Crippen LogP contribution is 2.25. The van der Waals surface area contributed by atoms with Crippen molar-refractivity contribution in [2.24, 2.45) is 0 Å². The molecular weight excluding hydrogens is 420 g/mol. The summed E-state index contributed by atoms with van der Waals surface area (Å²) in [4.78, 5) is 31.1. The Bertz CT molecular complexity index is 1040. The van der Waals surface area contributed by atoms with E-state index in [9.17, 15) is 18.0 Å². The number of pyridine rings is 1. The summed E-state index contributed by atoms with van der Waals surface area (Å²) in [5, 5.41) is 2.96. The Labute approximate surface area is 181 Å². The van der Waals surface area contributed by atoms with E-state index < -0.39 is 15.9 Å². The van der Waals surface area contributed by atoms with Crippen LogP contribution in [0.1, 0.15) is 28.4 Å². The smallest absolute Gasteiger partial charge is 0.251 e. The van der Waals surface area contributed by atoms with Gasteiger partial charge >= 0.3 is 0 Å². The van der Waals surface area contributed by atoms with Crippen molar-refractivity contribution in [2.45, 2.75) is 12.5 Å². The molecule has 31 heavy (non-hydrogen) atoms. The zero-order chi connectivity index (χ0) is 21.8. The summed E-state index contributed by atoms with van der Waals surface area (Å²) in [7, 11) is -3.63. The first kappa shape index (κ1) is 21.4. The minimum absolute atomic E-state index is 0.0259. The Morgan fingerprint density at radius 1 is 1.16 bits per heavy atom. The predicted molar refractivity (Wildman–Crippen MR) is 114 cm³/mol. The van der Waals surface area contributed by atoms with Gasteiger partial charge in [0.1, 0.15) is 0 Å². The molecule has 3 heterocycles. The molecule has 164 valence electrons. The lowest BCUT2D eigenvalue weighted by molar-refractivity contribution is -0.116. The minimum atomic E-state index is -3.63. The lowest BCUT2D eigenvalue weighted by Gasteiger charge is -2.34. The normalized spacial score (nSPS) is 19.9. The van der Waals surface area contributed by atoms with Crippen LogP contribution in [-0.2, 0) is 19.6 Å². The highest BCUT2D eigenvalue weighted by Gasteiger charge is 2.36. The molecule has 0 saturated carbocycles. The average molecular weight is 445 g/mol. The number of anilines is 1. The molecule has 2 aliphatic rings. The molecule has 0 spiro atoms. The van der Waals surface area contributed by atoms with Crippen molar-refractivity contribution >= 4 is 27.5 Å². The first-order chi connectivity index (χ1) is 15.0. The minimum Gasteiger partial charge on any atom is -0.379 e. The number of ether oxygens (including phenoxy) is 1. The molecule has 1 unspecified atom stereocenters. The number of nitrogens with one attached hydrogen (secondary N) is 1. The summed E-state index contributed by atoms with van der Waals surface area (Å²) >= 11 is 0. The van der Waals surface area contributed by atoms with Crippen LogP contribution in [0.25, 0.3) is 0 Å². The van der Waals surface area contributed by atoms with Crippen LogP contribution in [0.4, 0.5) is 5.69 Å². The van der Waals surface area contributed by atoms with E-state index in [1.807, 2.05) is 12.1 Å². The van der Waals surface area contributed by atoms with Gasteiger partial charge in [0, 0.05) is 44.0 Å². The molecule has 2 saturated heterocycles. The number of amides is 2. The molecule has 0 bridgehead atoms. The summed E-state index contributed by atoms with van der Waals surface area (Å²) in [5.41, 5.74) is 1.65. The highest BCUT2D eigenvalue weighted by atomic mass is 32.2. The number of carbonyl (C=O) groups excluding carboxylic acids is 2. The fraction of sp³-hybridized carbons (Fsp3) is 0.381. The van der Waals surface area contributed by atoms with Crippen molar-refractivity contribution in [3.8, 4) is 0 Å². The number of benzene rings is 1. The van der Waals surface area contributed by atoms with E-state index in [0.717, 1.165) is 23.0 Å². The van der Waals surface area contributed by atoms with Crippen molar-refractivity contribution in [1.29, 1.82) is 0 Å². The van der Waals surface area contributed by atoms with Crippen LogP contribution < -0.4 is 9.62 Å². The van der Waals surface area contributed by atoms with Gasteiger partial charge in [-0.25, -0.2) is 12.7 Å². The number of aromatic nitrogens is 1. The van der Waals surface area contributed by atoms with Crippen molar-refractivity contribution in [1.82, 2.24) is 15.2 Å². The van der Waals surface area contributed by atoms with Gasteiger partial charge in [-0.3, -0.25) is 19.5 Å². The fourth-order valence-corrected chi connectivity index (χ4v) is 5.29. The van der Waals surface area contributed by atoms with E-state index in [0.29, 0.717) is 25.3 Å². The van der Waals surface area contributed by atoms with Crippen LogP contribution in [0.3, 0.4) is 0 Å². The lowest BCUT2D eigenvalue weighted by atomic mass is 10.1. The van der Waals surface area contributed by atoms with Crippen LogP contribution in [0.2, 0.25) is 0 Å². The van der Waals surface area contributed by atoms with E-state index in [2.05, 4.69) is 15.2 Å². The molecule has 0 aliphatic carbocycles. The molecule has 2 amide bonds. The van der Waals surface area contributed by atoms with Crippen molar-refractivity contribution < 1.29 is 22.7 Å². The van der Waals surface area contributed by atoms with Crippen LogP contribution in [0, 0.1) is 0 Å². The summed E-state index contributed by atoms with van der Waals surface area (Å²) in [5.74, 6) is -0.919. The van der Waals surface area contributed by atoms with Crippen LogP contribution in [0.15, 0.2) is 48.8 Å². The fourth-order valence-electron chi connectivity index (χ4n) is 3.83. The third-order valence-corrected chi connectivity index (χ3v) is 7.15. The van der Waals surface area contributed by atoms with Gasteiger partial charge in [0.05, 0.1) is 30.7 Å². The lowest BCUT2D eigenvalue weighted by Crippen LogP contribution is -2.43. The second kappa shape index (κ2) is 9.13. The summed E-state index contributed by atoms with van der Waals surface area (Å²) < 4.78 is 30.4. The maximum Gasteiger partial charge on any atom is 0.251 e. The maximum absolute atomic E-state index is 12.7. The molecule has 2 aromatic rings. The van der Waals surface area contributed by atoms with Crippen molar-refractivity contribution in [3.05, 3.63) is 59.9 Å². The molecular formula is C21H24N4O5S. The van der Waals surface area contributed by atoms with Gasteiger partial charge in [-0.1, -0.05) is 6.07 Å². The second-order valence-corrected chi connectivity index (χ2v) is 9.37. The van der Waals surface area contributed by atoms with E-state index >= 15 is 0 Å². The topological polar surface area (TPSA) is 109 Å². The Hall–Kier alpha value is -2.82. The number of morpholine rings is 1. The van der Waals surface area contributed by atoms with Gasteiger partial charge in [-0.15, -0.1) is 0 Å². The quantitative estimate of drug-likeness (QED) is 0.707. The zero-order valence-electron chi connectivity index (χ0n) is 16.9. The number of carbonyl (C=O) groups is 2. The SMILES string of the molecule is O=C(NCC(c1cccnc1)N1CCOCC1)c1ccc(N2C(=O)CCS2(=O)=O)cc1. The molecule has 2 fully saturated rings. The third kappa shape index (κ3) is 4.76. The van der Waals surface area contributed by atoms with Crippen LogP contribution in [0.5, 0.6) is 0 Å². The molecule has 9 nitrogen and oxygen atoms in total. The number of rotatable bonds is 6. The van der Waals surface area contributed by atoms with Gasteiger partial charge in [-0.05, 0) is 35.9 Å². The number of sulfonamides is 1. The molecule has 1 aromatic heterocycles. The van der Waals surface area contributed by atoms with E-state index in [1.54, 1.807) is 12.4 Å². The zero-order valence-corrected chi connectivity index (χ0v) is 17.8. The van der Waals surface area contributed by atoms with Crippen LogP contribution >= 0.6 is 0 Å². The second-order valence-electron chi connectivity index (χ2n) is 7.43. The van der Waals surface area contributed by atoms with Gasteiger partial charge < -0.3 is 10.1 Å². The largest absolute Gasteiger partial charge is 0.379 e. The number of nitrogens with zero attached hydrogens (tertiary/aromatic N) is 3. The van der Waals surface area contributed by atoms with Crippen LogP contribution in [-0.4, -0.2) is 68.7 Å². The average Bonchev–Trinajstić information content (AvgIpc) is 3.07. The summed E-state index contributed by atoms with van der Waals surface area (Å²) in [6, 6.07) is 9.85. The van der Waals surface area contributed by atoms with Gasteiger partial charge in [0.25, 0.3) is 5.91 Å².